The Morgan fingerprint density at radius 3 is 0.567 bits per heavy atom. The molecule has 150 valence electrons. The van der Waals surface area contributed by atoms with Gasteiger partial charge in [-0.15, -0.1) is 0 Å². The van der Waals surface area contributed by atoms with Gasteiger partial charge in [0.1, 0.15) is 0 Å². The molecule has 0 heteroatoms. The van der Waals surface area contributed by atoms with Crippen molar-refractivity contribution >= 4 is 0 Å². The number of hydrogen-bond donors (Lipinski definition) is 0. The van der Waals surface area contributed by atoms with Gasteiger partial charge >= 0.3 is 0 Å². The minimum Gasteiger partial charge on any atom is -0.0585 e. The quantitative estimate of drug-likeness (QED) is 0.465. The van der Waals surface area contributed by atoms with Crippen LogP contribution in [0.4, 0.5) is 0 Å². The molecule has 0 radical (unpaired) electrons. The molecule has 0 amide bonds. The summed E-state index contributed by atoms with van der Waals surface area (Å²) in [5.74, 6) is 0. The maximum Gasteiger partial charge on any atom is -0.0232 e. The second-order valence-electron chi connectivity index (χ2n) is 10.0. The largest absolute Gasteiger partial charge is 0.0585 e. The molecular weight excluding hydrogens is 360 g/mol. The van der Waals surface area contributed by atoms with Crippen LogP contribution in [0.2, 0.25) is 0 Å². The van der Waals surface area contributed by atoms with Crippen molar-refractivity contribution in [1.82, 2.24) is 0 Å². The molecule has 0 unspecified atom stereocenters. The SMILES string of the molecule is c1cc2c3c4c1CCc1ccc5c(c1CC4)CCc1c(ccc(c1CC3)CC2)CC5. The van der Waals surface area contributed by atoms with Crippen molar-refractivity contribution in [2.45, 2.75) is 77.0 Å². The number of benzene rings is 3. The molecule has 0 aliphatic heterocycles. The number of fused-ring (bicyclic) bond motifs is 3. The summed E-state index contributed by atoms with van der Waals surface area (Å²) < 4.78 is 0. The maximum absolute atomic E-state index is 2.49. The third-order valence-electron chi connectivity index (χ3n) is 8.74. The van der Waals surface area contributed by atoms with Gasteiger partial charge in [0.25, 0.3) is 0 Å². The van der Waals surface area contributed by atoms with Crippen molar-refractivity contribution in [3.05, 3.63) is 103 Å². The molecular formula is C30H30. The predicted octanol–water partition coefficient (Wildman–Crippen LogP) is 5.65. The monoisotopic (exact) mass is 390 g/mol. The fraction of sp³-hybridized carbons (Fsp3) is 0.400. The molecule has 4 aliphatic carbocycles. The van der Waals surface area contributed by atoms with Crippen LogP contribution in [0.15, 0.2) is 36.4 Å². The molecule has 0 N–H and O–H groups in total. The Labute approximate surface area is 180 Å². The fourth-order valence-electron chi connectivity index (χ4n) is 7.20. The molecule has 3 aromatic carbocycles. The third kappa shape index (κ3) is 2.52. The van der Waals surface area contributed by atoms with Crippen LogP contribution < -0.4 is 0 Å². The minimum absolute atomic E-state index is 1.22. The normalized spacial score (nSPS) is 18.4. The molecule has 0 saturated carbocycles. The first kappa shape index (κ1) is 17.4. The predicted molar refractivity (Wildman–Crippen MR) is 124 cm³/mol. The zero-order chi connectivity index (χ0) is 19.7. The van der Waals surface area contributed by atoms with Gasteiger partial charge in [-0.25, -0.2) is 0 Å². The van der Waals surface area contributed by atoms with Gasteiger partial charge in [0, 0.05) is 0 Å². The van der Waals surface area contributed by atoms with E-state index in [1.807, 2.05) is 0 Å². The summed E-state index contributed by atoms with van der Waals surface area (Å²) in [5, 5.41) is 0. The molecule has 0 nitrogen and oxygen atoms in total. The fourth-order valence-corrected chi connectivity index (χ4v) is 7.20. The third-order valence-corrected chi connectivity index (χ3v) is 8.74. The van der Waals surface area contributed by atoms with E-state index in [1.165, 1.54) is 77.0 Å². The van der Waals surface area contributed by atoms with E-state index in [0.717, 1.165) is 0 Å². The van der Waals surface area contributed by atoms with Crippen LogP contribution in [0.1, 0.15) is 66.8 Å². The van der Waals surface area contributed by atoms with Crippen LogP contribution in [0, 0.1) is 0 Å². The van der Waals surface area contributed by atoms with Crippen molar-refractivity contribution < 1.29 is 0 Å². The summed E-state index contributed by atoms with van der Waals surface area (Å²) in [7, 11) is 0. The van der Waals surface area contributed by atoms with Crippen molar-refractivity contribution in [3.63, 3.8) is 0 Å². The Morgan fingerprint density at radius 2 is 0.400 bits per heavy atom. The average Bonchev–Trinajstić information content (AvgIpc) is 2.72. The zero-order valence-electron chi connectivity index (χ0n) is 17.9. The molecule has 0 spiro atoms. The van der Waals surface area contributed by atoms with Gasteiger partial charge < -0.3 is 0 Å². The molecule has 0 fully saturated rings. The summed E-state index contributed by atoms with van der Waals surface area (Å²) >= 11 is 0. The molecule has 3 aromatic rings. The second-order valence-corrected chi connectivity index (χ2v) is 10.0. The molecule has 0 aromatic heterocycles. The Balaban J connectivity index is 1.54. The first-order chi connectivity index (χ1) is 14.8. The highest BCUT2D eigenvalue weighted by molar-refractivity contribution is 5.52. The summed E-state index contributed by atoms with van der Waals surface area (Å²) in [4.78, 5) is 0. The van der Waals surface area contributed by atoms with Gasteiger partial charge in [-0.1, -0.05) is 36.4 Å². The Bertz CT molecular complexity index is 949. The van der Waals surface area contributed by atoms with Crippen LogP contribution >= 0.6 is 0 Å². The Hall–Kier alpha value is -2.34. The number of aryl methyl sites for hydroxylation is 6. The lowest BCUT2D eigenvalue weighted by Crippen LogP contribution is -2.20. The van der Waals surface area contributed by atoms with Gasteiger partial charge in [0.05, 0.1) is 0 Å². The first-order valence-electron chi connectivity index (χ1n) is 12.2. The van der Waals surface area contributed by atoms with E-state index in [4.69, 9.17) is 0 Å². The van der Waals surface area contributed by atoms with Crippen molar-refractivity contribution in [2.75, 3.05) is 0 Å². The zero-order valence-corrected chi connectivity index (χ0v) is 17.9. The second kappa shape index (κ2) is 6.58. The molecule has 4 aliphatic rings. The van der Waals surface area contributed by atoms with E-state index >= 15 is 0 Å². The van der Waals surface area contributed by atoms with Gasteiger partial charge in [-0.2, -0.15) is 0 Å². The van der Waals surface area contributed by atoms with E-state index in [1.54, 1.807) is 66.8 Å². The Kier molecular flexibility index (Phi) is 3.80. The molecule has 0 saturated heterocycles. The smallest absolute Gasteiger partial charge is 0.0232 e. The maximum atomic E-state index is 2.49. The molecule has 0 heterocycles. The summed E-state index contributed by atoms with van der Waals surface area (Å²) in [6.45, 7) is 0. The minimum atomic E-state index is 1.22. The molecule has 0 atom stereocenters. The highest BCUT2D eigenvalue weighted by atomic mass is 14.3. The summed E-state index contributed by atoms with van der Waals surface area (Å²) in [6, 6.07) is 14.9. The molecule has 7 rings (SSSR count). The van der Waals surface area contributed by atoms with Crippen LogP contribution in [-0.4, -0.2) is 0 Å². The van der Waals surface area contributed by atoms with Gasteiger partial charge in [-0.05, 0) is 144 Å². The summed E-state index contributed by atoms with van der Waals surface area (Å²) in [6.07, 6.45) is 14.8. The van der Waals surface area contributed by atoms with E-state index in [2.05, 4.69) is 36.4 Å². The summed E-state index contributed by atoms with van der Waals surface area (Å²) in [5.41, 5.74) is 20.2. The van der Waals surface area contributed by atoms with Crippen LogP contribution in [0.5, 0.6) is 0 Å². The number of rotatable bonds is 0. The van der Waals surface area contributed by atoms with E-state index < -0.39 is 0 Å². The first-order valence-corrected chi connectivity index (χ1v) is 12.2. The molecule has 6 bridgehead atoms. The topological polar surface area (TPSA) is 0 Å². The highest BCUT2D eigenvalue weighted by Gasteiger charge is 2.25. The lowest BCUT2D eigenvalue weighted by atomic mass is 9.75. The van der Waals surface area contributed by atoms with Gasteiger partial charge in [-0.3, -0.25) is 0 Å². The number of hydrogen-bond acceptors (Lipinski definition) is 0. The van der Waals surface area contributed by atoms with Crippen molar-refractivity contribution in [1.29, 1.82) is 0 Å². The van der Waals surface area contributed by atoms with Crippen LogP contribution in [-0.2, 0) is 77.0 Å². The van der Waals surface area contributed by atoms with Crippen LogP contribution in [0.3, 0.4) is 0 Å². The Morgan fingerprint density at radius 1 is 0.233 bits per heavy atom. The van der Waals surface area contributed by atoms with Crippen LogP contribution in [0.25, 0.3) is 0 Å². The highest BCUT2D eigenvalue weighted by Crippen LogP contribution is 2.36. The van der Waals surface area contributed by atoms with Crippen molar-refractivity contribution in [3.8, 4) is 0 Å². The molecule has 30 heavy (non-hydrogen) atoms. The van der Waals surface area contributed by atoms with E-state index in [-0.39, 0.29) is 0 Å². The van der Waals surface area contributed by atoms with Gasteiger partial charge in [0.2, 0.25) is 0 Å². The van der Waals surface area contributed by atoms with Gasteiger partial charge in [0.15, 0.2) is 0 Å². The standard InChI is InChI=1S/C30H30/c1-2-20-9-10-22-5-6-24-12-11-23-4-3-21-8-7-19(1)25-13-14-26(20)28(22)17-18-30(24)29(23)16-15-27(21)25/h7-12H,1-6,13-18H2. The van der Waals surface area contributed by atoms with Crippen molar-refractivity contribution in [2.24, 2.45) is 0 Å². The lowest BCUT2D eigenvalue weighted by molar-refractivity contribution is 0.738. The van der Waals surface area contributed by atoms with E-state index in [0.29, 0.717) is 0 Å². The lowest BCUT2D eigenvalue weighted by Gasteiger charge is -2.30. The average molecular weight is 391 g/mol. The van der Waals surface area contributed by atoms with E-state index in [9.17, 15) is 0 Å².